The van der Waals surface area contributed by atoms with Crippen molar-refractivity contribution in [2.24, 2.45) is 5.92 Å². The molecule has 0 aliphatic heterocycles. The Morgan fingerprint density at radius 2 is 1.79 bits per heavy atom. The van der Waals surface area contributed by atoms with Crippen molar-refractivity contribution in [2.45, 2.75) is 55.9 Å². The molecule has 1 aromatic heterocycles. The van der Waals surface area contributed by atoms with E-state index in [9.17, 15) is 9.59 Å². The van der Waals surface area contributed by atoms with Crippen LogP contribution in [-0.4, -0.2) is 29.9 Å². The molecule has 5 nitrogen and oxygen atoms in total. The monoisotopic (exact) mass is 411 g/mol. The molecule has 1 fully saturated rings. The van der Waals surface area contributed by atoms with Crippen LogP contribution in [-0.2, 0) is 4.79 Å². The van der Waals surface area contributed by atoms with E-state index in [0.717, 1.165) is 30.6 Å². The van der Waals surface area contributed by atoms with E-state index >= 15 is 0 Å². The molecule has 1 heterocycles. The molecule has 2 N–H and O–H groups in total. The summed E-state index contributed by atoms with van der Waals surface area (Å²) in [5.74, 6) is 0.0846. The van der Waals surface area contributed by atoms with Gasteiger partial charge in [0, 0.05) is 30.1 Å². The van der Waals surface area contributed by atoms with Gasteiger partial charge in [-0.05, 0) is 62.1 Å². The molecule has 0 saturated heterocycles. The fraction of sp³-hybridized carbons (Fsp3) is 0.435. The number of pyridine rings is 1. The van der Waals surface area contributed by atoms with Gasteiger partial charge in [-0.2, -0.15) is 0 Å². The van der Waals surface area contributed by atoms with Crippen molar-refractivity contribution in [3.63, 3.8) is 0 Å². The average molecular weight is 412 g/mol. The Balaban J connectivity index is 1.52. The topological polar surface area (TPSA) is 71.1 Å². The van der Waals surface area contributed by atoms with Crippen LogP contribution in [0.1, 0.15) is 53.6 Å². The number of nitrogens with zero attached hydrogens (tertiary/aromatic N) is 1. The molecule has 6 heteroatoms. The molecule has 1 aliphatic rings. The molecule has 1 aromatic carbocycles. The van der Waals surface area contributed by atoms with Crippen LogP contribution in [0, 0.1) is 19.8 Å². The normalized spacial score (nSPS) is 14.4. The molecular weight excluding hydrogens is 382 g/mol. The molecule has 0 radical (unpaired) electrons. The highest BCUT2D eigenvalue weighted by Gasteiger charge is 2.20. The number of benzene rings is 1. The second-order valence-corrected chi connectivity index (χ2v) is 8.65. The minimum absolute atomic E-state index is 0.117. The minimum atomic E-state index is -0.170. The molecule has 0 spiro atoms. The summed E-state index contributed by atoms with van der Waals surface area (Å²) in [7, 11) is 0. The molecule has 29 heavy (non-hydrogen) atoms. The predicted octanol–water partition coefficient (Wildman–Crippen LogP) is 4.28. The highest BCUT2D eigenvalue weighted by molar-refractivity contribution is 7.99. The van der Waals surface area contributed by atoms with Crippen molar-refractivity contribution in [1.82, 2.24) is 15.6 Å². The minimum Gasteiger partial charge on any atom is -0.354 e. The van der Waals surface area contributed by atoms with Crippen molar-refractivity contribution in [1.29, 1.82) is 0 Å². The molecule has 1 aliphatic carbocycles. The summed E-state index contributed by atoms with van der Waals surface area (Å²) in [5, 5.41) is 6.53. The zero-order valence-electron chi connectivity index (χ0n) is 17.2. The second kappa shape index (κ2) is 10.4. The highest BCUT2D eigenvalue weighted by atomic mass is 32.2. The van der Waals surface area contributed by atoms with E-state index in [-0.39, 0.29) is 17.7 Å². The lowest BCUT2D eigenvalue weighted by Crippen LogP contribution is -2.38. The number of rotatable bonds is 7. The van der Waals surface area contributed by atoms with Crippen LogP contribution in [0.2, 0.25) is 0 Å². The number of aryl methyl sites for hydroxylation is 2. The number of hydrogen-bond donors (Lipinski definition) is 2. The molecule has 0 unspecified atom stereocenters. The van der Waals surface area contributed by atoms with Crippen LogP contribution in [0.5, 0.6) is 0 Å². The van der Waals surface area contributed by atoms with Crippen LogP contribution in [0.4, 0.5) is 0 Å². The van der Waals surface area contributed by atoms with Crippen LogP contribution in [0.3, 0.4) is 0 Å². The Hall–Kier alpha value is -2.34. The Bertz CT molecular complexity index is 863. The van der Waals surface area contributed by atoms with Gasteiger partial charge in [0.2, 0.25) is 5.91 Å². The maximum absolute atomic E-state index is 12.6. The predicted molar refractivity (Wildman–Crippen MR) is 116 cm³/mol. The van der Waals surface area contributed by atoms with Crippen molar-refractivity contribution < 1.29 is 9.59 Å². The lowest BCUT2D eigenvalue weighted by atomic mass is 9.89. The molecule has 0 bridgehead atoms. The summed E-state index contributed by atoms with van der Waals surface area (Å²) in [5.41, 5.74) is 3.00. The van der Waals surface area contributed by atoms with Gasteiger partial charge in [0.25, 0.3) is 5.91 Å². The zero-order valence-corrected chi connectivity index (χ0v) is 18.0. The maximum Gasteiger partial charge on any atom is 0.254 e. The van der Waals surface area contributed by atoms with Crippen LogP contribution in [0.15, 0.2) is 46.5 Å². The molecule has 2 amide bonds. The van der Waals surface area contributed by atoms with E-state index < -0.39 is 0 Å². The Labute approximate surface area is 177 Å². The molecule has 2 aromatic rings. The standard InChI is InChI=1S/C23H29N3O2S/c1-16-10-11-19(15-17(16)2)29-23-20(9-6-12-26-23)22(28)25-14-13-24-21(27)18-7-4-3-5-8-18/h6,9-12,15,18H,3-5,7-8,13-14H2,1-2H3,(H,24,27)(H,25,28). The molecule has 154 valence electrons. The third-order valence-electron chi connectivity index (χ3n) is 5.39. The first kappa shape index (κ1) is 21.4. The third-order valence-corrected chi connectivity index (χ3v) is 6.40. The van der Waals surface area contributed by atoms with Crippen molar-refractivity contribution in [3.05, 3.63) is 53.2 Å². The quantitative estimate of drug-likeness (QED) is 0.667. The lowest BCUT2D eigenvalue weighted by molar-refractivity contribution is -0.125. The molecular formula is C23H29N3O2S. The number of carbonyl (C=O) groups excluding carboxylic acids is 2. The summed E-state index contributed by atoms with van der Waals surface area (Å²) in [6.45, 7) is 5.00. The SMILES string of the molecule is Cc1ccc(Sc2ncccc2C(=O)NCCNC(=O)C2CCCCC2)cc1C. The van der Waals surface area contributed by atoms with E-state index in [1.165, 1.54) is 29.3 Å². The van der Waals surface area contributed by atoms with Crippen molar-refractivity contribution >= 4 is 23.6 Å². The summed E-state index contributed by atoms with van der Waals surface area (Å²) < 4.78 is 0. The fourth-order valence-electron chi connectivity index (χ4n) is 3.50. The van der Waals surface area contributed by atoms with E-state index in [4.69, 9.17) is 0 Å². The average Bonchev–Trinajstić information content (AvgIpc) is 2.74. The first-order valence-electron chi connectivity index (χ1n) is 10.3. The maximum atomic E-state index is 12.6. The van der Waals surface area contributed by atoms with Gasteiger partial charge in [-0.15, -0.1) is 0 Å². The number of carbonyl (C=O) groups is 2. The molecule has 1 saturated carbocycles. The van der Waals surface area contributed by atoms with Crippen LogP contribution >= 0.6 is 11.8 Å². The third kappa shape index (κ3) is 6.07. The summed E-state index contributed by atoms with van der Waals surface area (Å²) in [6.07, 6.45) is 7.16. The number of nitrogens with one attached hydrogen (secondary N) is 2. The molecule has 3 rings (SSSR count). The lowest BCUT2D eigenvalue weighted by Gasteiger charge is -2.20. The smallest absolute Gasteiger partial charge is 0.254 e. The Morgan fingerprint density at radius 1 is 1.03 bits per heavy atom. The van der Waals surface area contributed by atoms with Gasteiger partial charge in [-0.25, -0.2) is 4.98 Å². The van der Waals surface area contributed by atoms with E-state index in [1.807, 2.05) is 6.07 Å². The van der Waals surface area contributed by atoms with Crippen molar-refractivity contribution in [2.75, 3.05) is 13.1 Å². The van der Waals surface area contributed by atoms with Crippen LogP contribution in [0.25, 0.3) is 0 Å². The zero-order chi connectivity index (χ0) is 20.6. The van der Waals surface area contributed by atoms with Gasteiger partial charge < -0.3 is 10.6 Å². The Kier molecular flexibility index (Phi) is 7.69. The summed E-state index contributed by atoms with van der Waals surface area (Å²) in [4.78, 5) is 30.3. The fourth-order valence-corrected chi connectivity index (χ4v) is 4.48. The molecule has 0 atom stereocenters. The van der Waals surface area contributed by atoms with Gasteiger partial charge in [0.15, 0.2) is 0 Å². The number of hydrogen-bond acceptors (Lipinski definition) is 4. The second-order valence-electron chi connectivity index (χ2n) is 7.59. The first-order valence-corrected chi connectivity index (χ1v) is 11.1. The first-order chi connectivity index (χ1) is 14.0. The van der Waals surface area contributed by atoms with E-state index in [0.29, 0.717) is 23.7 Å². The van der Waals surface area contributed by atoms with E-state index in [1.54, 1.807) is 18.3 Å². The largest absolute Gasteiger partial charge is 0.354 e. The van der Waals surface area contributed by atoms with Crippen molar-refractivity contribution in [3.8, 4) is 0 Å². The highest BCUT2D eigenvalue weighted by Crippen LogP contribution is 2.30. The van der Waals surface area contributed by atoms with Gasteiger partial charge >= 0.3 is 0 Å². The number of aromatic nitrogens is 1. The number of amides is 2. The summed E-state index contributed by atoms with van der Waals surface area (Å²) in [6, 6.07) is 9.78. The summed E-state index contributed by atoms with van der Waals surface area (Å²) >= 11 is 1.49. The van der Waals surface area contributed by atoms with Gasteiger partial charge in [0.1, 0.15) is 5.03 Å². The van der Waals surface area contributed by atoms with E-state index in [2.05, 4.69) is 41.6 Å². The van der Waals surface area contributed by atoms with Gasteiger partial charge in [-0.1, -0.05) is 37.1 Å². The van der Waals surface area contributed by atoms with Gasteiger partial charge in [-0.3, -0.25) is 9.59 Å². The van der Waals surface area contributed by atoms with Crippen LogP contribution < -0.4 is 10.6 Å². The van der Waals surface area contributed by atoms with Gasteiger partial charge in [0.05, 0.1) is 5.56 Å². The Morgan fingerprint density at radius 3 is 2.55 bits per heavy atom.